The fourth-order valence-electron chi connectivity index (χ4n) is 2.70. The highest BCUT2D eigenvalue weighted by atomic mass is 15.3. The summed E-state index contributed by atoms with van der Waals surface area (Å²) in [6.45, 7) is 8.75. The van der Waals surface area contributed by atoms with Crippen molar-refractivity contribution in [3.8, 4) is 0 Å². The highest BCUT2D eigenvalue weighted by molar-refractivity contribution is 4.95. The first kappa shape index (κ1) is 13.5. The smallest absolute Gasteiger partial charge is 0.138 e. The molecule has 0 amide bonds. The van der Waals surface area contributed by atoms with Crippen LogP contribution in [0.4, 0.5) is 0 Å². The van der Waals surface area contributed by atoms with Crippen molar-refractivity contribution in [1.29, 1.82) is 0 Å². The third kappa shape index (κ3) is 3.31. The van der Waals surface area contributed by atoms with Crippen LogP contribution >= 0.6 is 0 Å². The third-order valence-electron chi connectivity index (χ3n) is 4.00. The molecular weight excluding hydrogens is 224 g/mol. The molecule has 2 rings (SSSR count). The predicted octanol–water partition coefficient (Wildman–Crippen LogP) is 2.25. The average Bonchev–Trinajstić information content (AvgIpc) is 3.12. The molecule has 0 radical (unpaired) electrons. The summed E-state index contributed by atoms with van der Waals surface area (Å²) in [6.07, 6.45) is 6.62. The highest BCUT2D eigenvalue weighted by Gasteiger charge is 2.33. The van der Waals surface area contributed by atoms with Crippen LogP contribution in [0.3, 0.4) is 0 Å². The van der Waals surface area contributed by atoms with Gasteiger partial charge in [-0.2, -0.15) is 5.10 Å². The molecule has 1 saturated carbocycles. The van der Waals surface area contributed by atoms with Gasteiger partial charge in [-0.25, -0.2) is 4.98 Å². The zero-order chi connectivity index (χ0) is 13.0. The van der Waals surface area contributed by atoms with Crippen LogP contribution in [0.2, 0.25) is 0 Å². The third-order valence-corrected chi connectivity index (χ3v) is 4.00. The summed E-state index contributed by atoms with van der Waals surface area (Å²) in [5, 5.41) is 7.95. The fraction of sp³-hybridized carbons (Fsp3) is 0.857. The summed E-state index contributed by atoms with van der Waals surface area (Å²) < 4.78 is 2.06. The number of hydrogen-bond acceptors (Lipinski definition) is 3. The molecule has 2 unspecified atom stereocenters. The lowest BCUT2D eigenvalue weighted by Gasteiger charge is -2.24. The molecule has 1 heterocycles. The van der Waals surface area contributed by atoms with Gasteiger partial charge in [0.1, 0.15) is 12.2 Å². The second-order valence-electron chi connectivity index (χ2n) is 5.46. The number of nitrogens with one attached hydrogen (secondary N) is 1. The Kier molecular flexibility index (Phi) is 4.75. The molecule has 0 saturated heterocycles. The van der Waals surface area contributed by atoms with Crippen LogP contribution in [0.15, 0.2) is 6.33 Å². The summed E-state index contributed by atoms with van der Waals surface area (Å²) in [5.74, 6) is 2.81. The van der Waals surface area contributed by atoms with Crippen molar-refractivity contribution < 1.29 is 0 Å². The Bertz CT molecular complexity index is 356. The van der Waals surface area contributed by atoms with E-state index in [4.69, 9.17) is 0 Å². The number of likely N-dealkylation sites (N-methyl/N-ethyl adjacent to an activating group) is 1. The molecule has 18 heavy (non-hydrogen) atoms. The van der Waals surface area contributed by atoms with E-state index < -0.39 is 0 Å². The van der Waals surface area contributed by atoms with Crippen LogP contribution in [0.5, 0.6) is 0 Å². The minimum Gasteiger partial charge on any atom is -0.314 e. The van der Waals surface area contributed by atoms with Crippen LogP contribution < -0.4 is 5.32 Å². The Morgan fingerprint density at radius 1 is 1.44 bits per heavy atom. The van der Waals surface area contributed by atoms with Gasteiger partial charge in [0, 0.05) is 19.0 Å². The van der Waals surface area contributed by atoms with Gasteiger partial charge in [0.15, 0.2) is 0 Å². The molecule has 0 bridgehead atoms. The molecule has 1 aromatic rings. The van der Waals surface area contributed by atoms with Crippen molar-refractivity contribution in [2.24, 2.45) is 11.8 Å². The van der Waals surface area contributed by atoms with Crippen LogP contribution in [-0.2, 0) is 13.0 Å². The summed E-state index contributed by atoms with van der Waals surface area (Å²) in [7, 11) is 0. The second-order valence-corrected chi connectivity index (χ2v) is 5.46. The van der Waals surface area contributed by atoms with Crippen molar-refractivity contribution >= 4 is 0 Å². The van der Waals surface area contributed by atoms with Crippen molar-refractivity contribution in [2.75, 3.05) is 6.54 Å². The van der Waals surface area contributed by atoms with Crippen molar-refractivity contribution in [2.45, 2.75) is 59.0 Å². The first-order valence-corrected chi connectivity index (χ1v) is 7.36. The maximum Gasteiger partial charge on any atom is 0.138 e. The molecule has 4 nitrogen and oxygen atoms in total. The molecular formula is C14H26N4. The summed E-state index contributed by atoms with van der Waals surface area (Å²) in [5.41, 5.74) is 0. The maximum absolute atomic E-state index is 4.43. The Labute approximate surface area is 110 Å². The van der Waals surface area contributed by atoms with Crippen molar-refractivity contribution in [1.82, 2.24) is 20.1 Å². The van der Waals surface area contributed by atoms with E-state index in [1.165, 1.54) is 12.8 Å². The minimum atomic E-state index is 0.544. The average molecular weight is 250 g/mol. The van der Waals surface area contributed by atoms with Gasteiger partial charge < -0.3 is 5.32 Å². The monoisotopic (exact) mass is 250 g/mol. The lowest BCUT2D eigenvalue weighted by molar-refractivity contribution is 0.335. The minimum absolute atomic E-state index is 0.544. The lowest BCUT2D eigenvalue weighted by atomic mass is 9.93. The Morgan fingerprint density at radius 2 is 2.22 bits per heavy atom. The van der Waals surface area contributed by atoms with Crippen molar-refractivity contribution in [3.63, 3.8) is 0 Å². The molecule has 2 atom stereocenters. The zero-order valence-corrected chi connectivity index (χ0v) is 11.9. The van der Waals surface area contributed by atoms with E-state index in [2.05, 4.69) is 40.9 Å². The number of aryl methyl sites for hydroxylation is 1. The van der Waals surface area contributed by atoms with Gasteiger partial charge in [0.25, 0.3) is 0 Å². The van der Waals surface area contributed by atoms with Crippen LogP contribution in [-0.4, -0.2) is 27.4 Å². The number of hydrogen-bond donors (Lipinski definition) is 1. The van der Waals surface area contributed by atoms with E-state index in [9.17, 15) is 0 Å². The van der Waals surface area contributed by atoms with Crippen molar-refractivity contribution in [3.05, 3.63) is 12.2 Å². The summed E-state index contributed by atoms with van der Waals surface area (Å²) in [4.78, 5) is 4.43. The van der Waals surface area contributed by atoms with Gasteiger partial charge in [-0.3, -0.25) is 4.68 Å². The van der Waals surface area contributed by atoms with Gasteiger partial charge >= 0.3 is 0 Å². The van der Waals surface area contributed by atoms with Crippen LogP contribution in [0.25, 0.3) is 0 Å². The molecule has 0 aliphatic heterocycles. The lowest BCUT2D eigenvalue weighted by Crippen LogP contribution is -2.38. The van der Waals surface area contributed by atoms with Gasteiger partial charge in [-0.1, -0.05) is 20.8 Å². The van der Waals surface area contributed by atoms with E-state index >= 15 is 0 Å². The molecule has 102 valence electrons. The fourth-order valence-corrected chi connectivity index (χ4v) is 2.70. The molecule has 0 spiro atoms. The van der Waals surface area contributed by atoms with Crippen LogP contribution in [0.1, 0.15) is 45.9 Å². The van der Waals surface area contributed by atoms with E-state index in [0.29, 0.717) is 6.04 Å². The normalized spacial score (nSPS) is 18.8. The zero-order valence-electron chi connectivity index (χ0n) is 11.9. The second kappa shape index (κ2) is 6.32. The molecule has 1 aromatic heterocycles. The number of rotatable bonds is 8. The molecule has 1 aliphatic carbocycles. The summed E-state index contributed by atoms with van der Waals surface area (Å²) >= 11 is 0. The standard InChI is InChI=1S/C14H26N4/c1-4-8-18-14(16-10-17-18)9-13(15-5-2)11(3)12-6-7-12/h10-13,15H,4-9H2,1-3H3. The van der Waals surface area contributed by atoms with E-state index in [1.54, 1.807) is 6.33 Å². The Balaban J connectivity index is 2.00. The molecule has 0 aromatic carbocycles. The Hall–Kier alpha value is -0.900. The quantitative estimate of drug-likeness (QED) is 0.769. The van der Waals surface area contributed by atoms with Gasteiger partial charge in [-0.15, -0.1) is 0 Å². The largest absolute Gasteiger partial charge is 0.314 e. The van der Waals surface area contributed by atoms with E-state index in [-0.39, 0.29) is 0 Å². The number of aromatic nitrogens is 3. The molecule has 1 fully saturated rings. The van der Waals surface area contributed by atoms with Gasteiger partial charge in [-0.05, 0) is 37.6 Å². The topological polar surface area (TPSA) is 42.7 Å². The first-order valence-electron chi connectivity index (χ1n) is 7.36. The SMILES string of the molecule is CCCn1ncnc1CC(NCC)C(C)C1CC1. The predicted molar refractivity (Wildman–Crippen MR) is 73.4 cm³/mol. The van der Waals surface area contributed by atoms with Gasteiger partial charge in [0.2, 0.25) is 0 Å². The molecule has 4 heteroatoms. The van der Waals surface area contributed by atoms with E-state index in [1.807, 2.05) is 0 Å². The molecule has 1 aliphatic rings. The van der Waals surface area contributed by atoms with Gasteiger partial charge in [0.05, 0.1) is 0 Å². The highest BCUT2D eigenvalue weighted by Crippen LogP contribution is 2.38. The van der Waals surface area contributed by atoms with Crippen LogP contribution in [0, 0.1) is 11.8 Å². The number of nitrogens with zero attached hydrogens (tertiary/aromatic N) is 3. The summed E-state index contributed by atoms with van der Waals surface area (Å²) in [6, 6.07) is 0.544. The van der Waals surface area contributed by atoms with E-state index in [0.717, 1.165) is 43.6 Å². The Morgan fingerprint density at radius 3 is 2.83 bits per heavy atom. The first-order chi connectivity index (χ1) is 8.76. The molecule has 1 N–H and O–H groups in total. The maximum atomic E-state index is 4.43.